The van der Waals surface area contributed by atoms with Gasteiger partial charge < -0.3 is 5.32 Å². The van der Waals surface area contributed by atoms with Crippen LogP contribution in [0.1, 0.15) is 12.5 Å². The summed E-state index contributed by atoms with van der Waals surface area (Å²) >= 11 is 0. The van der Waals surface area contributed by atoms with E-state index in [0.29, 0.717) is 17.0 Å². The molecule has 0 radical (unpaired) electrons. The highest BCUT2D eigenvalue weighted by Crippen LogP contribution is 2.32. The van der Waals surface area contributed by atoms with Crippen molar-refractivity contribution < 1.29 is 4.79 Å². The van der Waals surface area contributed by atoms with Crippen LogP contribution < -0.4 is 5.32 Å². The van der Waals surface area contributed by atoms with E-state index in [1.807, 2.05) is 25.1 Å². The van der Waals surface area contributed by atoms with Gasteiger partial charge in [-0.15, -0.1) is 4.91 Å². The summed E-state index contributed by atoms with van der Waals surface area (Å²) in [5.74, 6) is 0.0893. The topological polar surface area (TPSA) is 75.8 Å². The van der Waals surface area contributed by atoms with Crippen LogP contribution in [0.15, 0.2) is 47.8 Å². The molecule has 3 rings (SSSR count). The van der Waals surface area contributed by atoms with Gasteiger partial charge in [0.1, 0.15) is 11.3 Å². The molecule has 22 heavy (non-hydrogen) atoms. The van der Waals surface area contributed by atoms with E-state index in [9.17, 15) is 9.70 Å². The molecule has 0 aliphatic carbocycles. The SMILES string of the molecule is CC(=O)Nc1cccc(-c2nc3cc(C)ccn3c2N=O)c1. The molecule has 6 heteroatoms. The number of nitrogens with zero attached hydrogens (tertiary/aromatic N) is 3. The molecule has 0 bridgehead atoms. The Kier molecular flexibility index (Phi) is 3.42. The minimum absolute atomic E-state index is 0.156. The Morgan fingerprint density at radius 3 is 2.82 bits per heavy atom. The monoisotopic (exact) mass is 294 g/mol. The zero-order valence-electron chi connectivity index (χ0n) is 12.2. The first-order valence-corrected chi connectivity index (χ1v) is 6.78. The van der Waals surface area contributed by atoms with Crippen molar-refractivity contribution in [1.29, 1.82) is 0 Å². The molecule has 110 valence electrons. The Bertz CT molecular complexity index is 883. The summed E-state index contributed by atoms with van der Waals surface area (Å²) < 4.78 is 1.65. The standard InChI is InChI=1S/C16H14N4O2/c1-10-6-7-20-14(8-10)18-15(16(20)19-22)12-4-3-5-13(9-12)17-11(2)21/h3-9H,1-2H3,(H,17,21). The van der Waals surface area contributed by atoms with E-state index < -0.39 is 0 Å². The molecule has 3 aromatic rings. The van der Waals surface area contributed by atoms with Crippen LogP contribution in [0.5, 0.6) is 0 Å². The predicted molar refractivity (Wildman–Crippen MR) is 85.1 cm³/mol. The number of benzene rings is 1. The normalized spacial score (nSPS) is 10.6. The molecule has 6 nitrogen and oxygen atoms in total. The Labute approximate surface area is 126 Å². The number of anilines is 1. The van der Waals surface area contributed by atoms with E-state index in [0.717, 1.165) is 11.1 Å². The molecule has 1 N–H and O–H groups in total. The maximum Gasteiger partial charge on any atom is 0.221 e. The van der Waals surface area contributed by atoms with Crippen molar-refractivity contribution in [1.82, 2.24) is 9.38 Å². The zero-order chi connectivity index (χ0) is 15.7. The molecule has 0 unspecified atom stereocenters. The average Bonchev–Trinajstić information content (AvgIpc) is 2.84. The summed E-state index contributed by atoms with van der Waals surface area (Å²) in [5.41, 5.74) is 3.58. The van der Waals surface area contributed by atoms with Crippen molar-refractivity contribution in [2.75, 3.05) is 5.32 Å². The molecule has 0 spiro atoms. The highest BCUT2D eigenvalue weighted by Gasteiger charge is 2.15. The lowest BCUT2D eigenvalue weighted by Crippen LogP contribution is -2.05. The summed E-state index contributed by atoms with van der Waals surface area (Å²) in [6, 6.07) is 10.9. The second kappa shape index (κ2) is 5.40. The van der Waals surface area contributed by atoms with Crippen LogP contribution in [0, 0.1) is 11.8 Å². The quantitative estimate of drug-likeness (QED) is 0.749. The van der Waals surface area contributed by atoms with Crippen molar-refractivity contribution >= 4 is 23.1 Å². The van der Waals surface area contributed by atoms with Crippen molar-refractivity contribution in [3.63, 3.8) is 0 Å². The fourth-order valence-corrected chi connectivity index (χ4v) is 2.36. The zero-order valence-corrected chi connectivity index (χ0v) is 12.2. The number of hydrogen-bond donors (Lipinski definition) is 1. The summed E-state index contributed by atoms with van der Waals surface area (Å²) in [4.78, 5) is 26.9. The smallest absolute Gasteiger partial charge is 0.221 e. The van der Waals surface area contributed by atoms with Crippen molar-refractivity contribution in [3.05, 3.63) is 53.1 Å². The fourth-order valence-electron chi connectivity index (χ4n) is 2.36. The van der Waals surface area contributed by atoms with E-state index in [-0.39, 0.29) is 11.7 Å². The summed E-state index contributed by atoms with van der Waals surface area (Å²) in [5, 5.41) is 5.83. The molecule has 2 aromatic heterocycles. The lowest BCUT2D eigenvalue weighted by atomic mass is 10.1. The van der Waals surface area contributed by atoms with Gasteiger partial charge in [0.05, 0.1) is 0 Å². The Hall–Kier alpha value is -3.02. The molecular weight excluding hydrogens is 280 g/mol. The Morgan fingerprint density at radius 2 is 2.09 bits per heavy atom. The molecule has 0 aliphatic heterocycles. The second-order valence-corrected chi connectivity index (χ2v) is 5.07. The minimum atomic E-state index is -0.156. The van der Waals surface area contributed by atoms with Crippen LogP contribution in [0.2, 0.25) is 0 Å². The molecule has 0 atom stereocenters. The van der Waals surface area contributed by atoms with Crippen LogP contribution in [-0.2, 0) is 4.79 Å². The van der Waals surface area contributed by atoms with Gasteiger partial charge in [0.25, 0.3) is 0 Å². The molecule has 1 aromatic carbocycles. The molecule has 0 saturated heterocycles. The maximum absolute atomic E-state index is 11.2. The lowest BCUT2D eigenvalue weighted by molar-refractivity contribution is -0.114. The molecule has 0 aliphatic rings. The van der Waals surface area contributed by atoms with E-state index in [1.54, 1.807) is 28.8 Å². The van der Waals surface area contributed by atoms with Crippen molar-refractivity contribution in [2.45, 2.75) is 13.8 Å². The fraction of sp³-hybridized carbons (Fsp3) is 0.125. The first kappa shape index (κ1) is 13.9. The molecule has 2 heterocycles. The Balaban J connectivity index is 2.17. The number of amides is 1. The van der Waals surface area contributed by atoms with Crippen LogP contribution in [0.4, 0.5) is 11.5 Å². The van der Waals surface area contributed by atoms with Crippen molar-refractivity contribution in [2.24, 2.45) is 5.18 Å². The third-order valence-electron chi connectivity index (χ3n) is 3.30. The van der Waals surface area contributed by atoms with Crippen LogP contribution in [0.25, 0.3) is 16.9 Å². The maximum atomic E-state index is 11.2. The number of carbonyl (C=O) groups excluding carboxylic acids is 1. The molecule has 0 fully saturated rings. The van der Waals surface area contributed by atoms with Crippen molar-refractivity contribution in [3.8, 4) is 11.3 Å². The first-order chi connectivity index (χ1) is 10.6. The number of hydrogen-bond acceptors (Lipinski definition) is 4. The number of aryl methyl sites for hydroxylation is 1. The average molecular weight is 294 g/mol. The molecular formula is C16H14N4O2. The van der Waals surface area contributed by atoms with Gasteiger partial charge in [0, 0.05) is 24.4 Å². The highest BCUT2D eigenvalue weighted by atomic mass is 16.3. The molecule has 1 amide bonds. The van der Waals surface area contributed by atoms with Gasteiger partial charge in [-0.2, -0.15) is 0 Å². The predicted octanol–water partition coefficient (Wildman–Crippen LogP) is 3.67. The van der Waals surface area contributed by atoms with Crippen LogP contribution in [-0.4, -0.2) is 15.3 Å². The summed E-state index contributed by atoms with van der Waals surface area (Å²) in [6.07, 6.45) is 1.77. The lowest BCUT2D eigenvalue weighted by Gasteiger charge is -2.04. The number of nitroso groups, excluding NO2 is 1. The minimum Gasteiger partial charge on any atom is -0.326 e. The van der Waals surface area contributed by atoms with E-state index >= 15 is 0 Å². The number of aromatic nitrogens is 2. The number of imidazole rings is 1. The highest BCUT2D eigenvalue weighted by molar-refractivity contribution is 5.90. The third-order valence-corrected chi connectivity index (χ3v) is 3.30. The van der Waals surface area contributed by atoms with E-state index in [2.05, 4.69) is 15.5 Å². The van der Waals surface area contributed by atoms with Crippen LogP contribution >= 0.6 is 0 Å². The number of rotatable bonds is 3. The van der Waals surface area contributed by atoms with Gasteiger partial charge in [-0.3, -0.25) is 9.20 Å². The number of fused-ring (bicyclic) bond motifs is 1. The summed E-state index contributed by atoms with van der Waals surface area (Å²) in [7, 11) is 0. The van der Waals surface area contributed by atoms with Gasteiger partial charge in [-0.25, -0.2) is 4.98 Å². The summed E-state index contributed by atoms with van der Waals surface area (Å²) in [6.45, 7) is 3.40. The van der Waals surface area contributed by atoms with Gasteiger partial charge >= 0.3 is 0 Å². The van der Waals surface area contributed by atoms with Gasteiger partial charge in [0.2, 0.25) is 11.7 Å². The number of carbonyl (C=O) groups is 1. The Morgan fingerprint density at radius 1 is 1.27 bits per heavy atom. The van der Waals surface area contributed by atoms with Gasteiger partial charge in [0.15, 0.2) is 0 Å². The van der Waals surface area contributed by atoms with E-state index in [4.69, 9.17) is 0 Å². The number of pyridine rings is 1. The first-order valence-electron chi connectivity index (χ1n) is 6.78. The second-order valence-electron chi connectivity index (χ2n) is 5.07. The largest absolute Gasteiger partial charge is 0.326 e. The van der Waals surface area contributed by atoms with Gasteiger partial charge in [-0.1, -0.05) is 12.1 Å². The van der Waals surface area contributed by atoms with Crippen LogP contribution in [0.3, 0.4) is 0 Å². The molecule has 0 saturated carbocycles. The van der Waals surface area contributed by atoms with E-state index in [1.165, 1.54) is 6.92 Å². The van der Waals surface area contributed by atoms with Gasteiger partial charge in [-0.05, 0) is 41.9 Å². The number of nitrogens with one attached hydrogen (secondary N) is 1. The third kappa shape index (κ3) is 2.46.